The van der Waals surface area contributed by atoms with E-state index in [4.69, 9.17) is 4.74 Å². The predicted octanol–water partition coefficient (Wildman–Crippen LogP) is 2.91. The van der Waals surface area contributed by atoms with Gasteiger partial charge in [-0.25, -0.2) is 22.3 Å². The molecule has 0 radical (unpaired) electrons. The highest BCUT2D eigenvalue weighted by molar-refractivity contribution is 7.90. The number of amides is 4. The second kappa shape index (κ2) is 12.4. The van der Waals surface area contributed by atoms with Crippen LogP contribution in [-0.2, 0) is 29.1 Å². The van der Waals surface area contributed by atoms with Crippen LogP contribution in [0.4, 0.5) is 9.18 Å². The van der Waals surface area contributed by atoms with Crippen LogP contribution < -0.4 is 15.4 Å². The van der Waals surface area contributed by atoms with Crippen molar-refractivity contribution in [2.45, 2.75) is 100 Å². The zero-order chi connectivity index (χ0) is 30.7. The van der Waals surface area contributed by atoms with E-state index < -0.39 is 73.7 Å². The fourth-order valence-electron chi connectivity index (χ4n) is 5.43. The first-order chi connectivity index (χ1) is 19.7. The number of nitrogens with one attached hydrogen (secondary N) is 3. The average Bonchev–Trinajstić information content (AvgIpc) is 3.35. The number of hydrogen-bond donors (Lipinski definition) is 3. The average molecular weight is 607 g/mol. The minimum absolute atomic E-state index is 0.146. The first-order valence-corrected chi connectivity index (χ1v) is 15.8. The third-order valence-electron chi connectivity index (χ3n) is 7.67. The van der Waals surface area contributed by atoms with Crippen molar-refractivity contribution in [3.63, 3.8) is 0 Å². The van der Waals surface area contributed by atoms with Crippen LogP contribution >= 0.6 is 0 Å². The van der Waals surface area contributed by atoms with Crippen molar-refractivity contribution < 1.29 is 36.7 Å². The molecule has 4 atom stereocenters. The topological polar surface area (TPSA) is 151 Å². The van der Waals surface area contributed by atoms with Gasteiger partial charge < -0.3 is 20.3 Å². The molecule has 11 nitrogen and oxygen atoms in total. The molecule has 1 saturated carbocycles. The van der Waals surface area contributed by atoms with Crippen molar-refractivity contribution in [1.82, 2.24) is 20.3 Å². The molecule has 2 aliphatic heterocycles. The summed E-state index contributed by atoms with van der Waals surface area (Å²) in [5, 5.41) is 5.42. The van der Waals surface area contributed by atoms with Gasteiger partial charge in [-0.15, -0.1) is 0 Å². The van der Waals surface area contributed by atoms with Crippen molar-refractivity contribution in [1.29, 1.82) is 0 Å². The van der Waals surface area contributed by atoms with Crippen LogP contribution in [0.1, 0.15) is 72.1 Å². The van der Waals surface area contributed by atoms with E-state index in [0.717, 1.165) is 25.0 Å². The van der Waals surface area contributed by atoms with E-state index >= 15 is 0 Å². The lowest BCUT2D eigenvalue weighted by molar-refractivity contribution is -0.146. The molecule has 0 spiro atoms. The molecule has 1 saturated heterocycles. The zero-order valence-corrected chi connectivity index (χ0v) is 25.0. The van der Waals surface area contributed by atoms with Gasteiger partial charge in [-0.05, 0) is 77.8 Å². The Bertz CT molecular complexity index is 1360. The highest BCUT2D eigenvalue weighted by Gasteiger charge is 2.61. The number of carbonyl (C=O) groups is 4. The number of benzene rings is 1. The number of allylic oxidation sites excluding steroid dienone is 1. The molecule has 0 aromatic heterocycles. The summed E-state index contributed by atoms with van der Waals surface area (Å²) < 4.78 is 47.5. The first-order valence-electron chi connectivity index (χ1n) is 14.3. The first kappa shape index (κ1) is 31.5. The Morgan fingerprint density at radius 1 is 1.10 bits per heavy atom. The summed E-state index contributed by atoms with van der Waals surface area (Å²) in [6.07, 6.45) is 5.97. The number of carbonyl (C=O) groups excluding carboxylic acids is 4. The van der Waals surface area contributed by atoms with E-state index in [1.54, 1.807) is 26.8 Å². The molecular formula is C29H39FN4O7S. The van der Waals surface area contributed by atoms with E-state index in [0.29, 0.717) is 32.1 Å². The SMILES string of the molecule is CC(C)(C)NC(=O)O[C@H]1CCCCCC=C[C@@H]2C[C@@]2(C(=O)NS(=O)(=O)c2ccccc2F)NC(=O)[C@@H]2CCCN2C1=O. The molecule has 1 aliphatic carbocycles. The minimum Gasteiger partial charge on any atom is -0.436 e. The van der Waals surface area contributed by atoms with Gasteiger partial charge in [0, 0.05) is 18.0 Å². The van der Waals surface area contributed by atoms with Gasteiger partial charge in [0.05, 0.1) is 0 Å². The Morgan fingerprint density at radius 2 is 1.83 bits per heavy atom. The van der Waals surface area contributed by atoms with E-state index in [1.165, 1.54) is 17.0 Å². The lowest BCUT2D eigenvalue weighted by Crippen LogP contribution is -2.57. The summed E-state index contributed by atoms with van der Waals surface area (Å²) in [5.41, 5.74) is -2.15. The number of hydrogen-bond acceptors (Lipinski definition) is 7. The van der Waals surface area contributed by atoms with Crippen LogP contribution in [-0.4, -0.2) is 66.9 Å². The highest BCUT2D eigenvalue weighted by atomic mass is 32.2. The molecule has 230 valence electrons. The maximum atomic E-state index is 14.2. The molecule has 13 heteroatoms. The number of fused-ring (bicyclic) bond motifs is 2. The maximum Gasteiger partial charge on any atom is 0.408 e. The molecule has 0 unspecified atom stereocenters. The Morgan fingerprint density at radius 3 is 2.55 bits per heavy atom. The van der Waals surface area contributed by atoms with E-state index in [2.05, 4.69) is 10.6 Å². The second-order valence-corrected chi connectivity index (χ2v) is 13.8. The minimum atomic E-state index is -4.56. The summed E-state index contributed by atoms with van der Waals surface area (Å²) in [5.74, 6) is -3.57. The van der Waals surface area contributed by atoms with Crippen molar-refractivity contribution in [2.24, 2.45) is 5.92 Å². The second-order valence-electron chi connectivity index (χ2n) is 12.2. The molecule has 3 N–H and O–H groups in total. The molecule has 4 amide bonds. The summed E-state index contributed by atoms with van der Waals surface area (Å²) in [4.78, 5) is 53.9. The molecule has 2 fully saturated rings. The largest absolute Gasteiger partial charge is 0.436 e. The molecular weight excluding hydrogens is 567 g/mol. The molecule has 1 aromatic carbocycles. The Balaban J connectivity index is 1.57. The van der Waals surface area contributed by atoms with Gasteiger partial charge in [0.2, 0.25) is 5.91 Å². The number of alkyl carbamates (subject to hydrolysis) is 1. The van der Waals surface area contributed by atoms with Crippen molar-refractivity contribution >= 4 is 33.8 Å². The Hall–Kier alpha value is -3.48. The van der Waals surface area contributed by atoms with Crippen molar-refractivity contribution in [2.75, 3.05) is 6.54 Å². The molecule has 4 rings (SSSR count). The van der Waals surface area contributed by atoms with Gasteiger partial charge in [-0.1, -0.05) is 30.7 Å². The normalized spacial score (nSPS) is 27.0. The third kappa shape index (κ3) is 7.29. The van der Waals surface area contributed by atoms with Crippen LogP contribution in [0.15, 0.2) is 41.3 Å². The fraction of sp³-hybridized carbons (Fsp3) is 0.586. The maximum absolute atomic E-state index is 14.2. The number of halogens is 1. The highest BCUT2D eigenvalue weighted by Crippen LogP contribution is 2.46. The summed E-state index contributed by atoms with van der Waals surface area (Å²) in [6, 6.07) is 3.76. The number of nitrogens with zero attached hydrogens (tertiary/aromatic N) is 1. The van der Waals surface area contributed by atoms with Gasteiger partial charge in [0.25, 0.3) is 21.8 Å². The number of sulfonamides is 1. The molecule has 0 bridgehead atoms. The summed E-state index contributed by atoms with van der Waals surface area (Å²) in [7, 11) is -4.56. The lowest BCUT2D eigenvalue weighted by atomic mass is 10.1. The quantitative estimate of drug-likeness (QED) is 0.446. The van der Waals surface area contributed by atoms with E-state index in [1.807, 2.05) is 10.8 Å². The van der Waals surface area contributed by atoms with Crippen LogP contribution in [0.2, 0.25) is 0 Å². The zero-order valence-electron chi connectivity index (χ0n) is 24.2. The van der Waals surface area contributed by atoms with Crippen molar-refractivity contribution in [3.8, 4) is 0 Å². The lowest BCUT2D eigenvalue weighted by Gasteiger charge is -2.30. The number of ether oxygens (including phenoxy) is 1. The van der Waals surface area contributed by atoms with Crippen LogP contribution in [0, 0.1) is 11.7 Å². The molecule has 3 aliphatic rings. The van der Waals surface area contributed by atoms with Gasteiger partial charge in [0.1, 0.15) is 22.3 Å². The number of rotatable bonds is 4. The monoisotopic (exact) mass is 606 g/mol. The Kier molecular flexibility index (Phi) is 9.29. The molecule has 42 heavy (non-hydrogen) atoms. The van der Waals surface area contributed by atoms with Gasteiger partial charge in [-0.3, -0.25) is 14.4 Å². The fourth-order valence-corrected chi connectivity index (χ4v) is 6.55. The smallest absolute Gasteiger partial charge is 0.408 e. The molecule has 1 aromatic rings. The Labute approximate surface area is 245 Å². The van der Waals surface area contributed by atoms with Crippen molar-refractivity contribution in [3.05, 3.63) is 42.2 Å². The van der Waals surface area contributed by atoms with Crippen LogP contribution in [0.3, 0.4) is 0 Å². The van der Waals surface area contributed by atoms with E-state index in [-0.39, 0.29) is 13.0 Å². The van der Waals surface area contributed by atoms with Gasteiger partial charge >= 0.3 is 6.09 Å². The summed E-state index contributed by atoms with van der Waals surface area (Å²) >= 11 is 0. The summed E-state index contributed by atoms with van der Waals surface area (Å²) in [6.45, 7) is 5.64. The third-order valence-corrected chi connectivity index (χ3v) is 9.03. The van der Waals surface area contributed by atoms with E-state index in [9.17, 15) is 32.0 Å². The molecule has 2 heterocycles. The standard InChI is InChI=1S/C29H39FN4O7S/c1-28(2,3)32-27(38)41-22-15-8-6-4-5-7-12-19-18-29(19,31-24(35)21-14-11-17-34(21)25(22)36)26(37)33-42(39,40)23-16-10-9-13-20(23)30/h7,9-10,12-13,16,19,21-22H,4-6,8,11,14-15,17-18H2,1-3H3,(H,31,35)(H,32,38)(H,33,37)/t19-,21+,22+,29-/m1/s1. The predicted molar refractivity (Wildman–Crippen MR) is 151 cm³/mol. The van der Waals surface area contributed by atoms with Crippen LogP contribution in [0.5, 0.6) is 0 Å². The van der Waals surface area contributed by atoms with Crippen LogP contribution in [0.25, 0.3) is 0 Å². The van der Waals surface area contributed by atoms with Gasteiger partial charge in [0.15, 0.2) is 6.10 Å². The van der Waals surface area contributed by atoms with Gasteiger partial charge in [-0.2, -0.15) is 0 Å².